The predicted molar refractivity (Wildman–Crippen MR) is 72.6 cm³/mol. The van der Waals surface area contributed by atoms with Crippen LogP contribution >= 0.6 is 0 Å². The van der Waals surface area contributed by atoms with Gasteiger partial charge in [0.2, 0.25) is 0 Å². The molecule has 3 aliphatic carbocycles. The van der Waals surface area contributed by atoms with Crippen LogP contribution in [-0.4, -0.2) is 6.04 Å². The lowest BCUT2D eigenvalue weighted by atomic mass is 9.80. The minimum absolute atomic E-state index is 0.457. The highest BCUT2D eigenvalue weighted by molar-refractivity contribution is 5.33. The van der Waals surface area contributed by atoms with E-state index in [0.29, 0.717) is 12.0 Å². The molecular weight excluding hydrogens is 206 g/mol. The molecule has 0 aromatic heterocycles. The van der Waals surface area contributed by atoms with Crippen molar-refractivity contribution in [3.8, 4) is 0 Å². The molecule has 0 amide bonds. The molecule has 0 saturated heterocycles. The Bertz CT molecular complexity index is 328. The standard InChI is InChI=1S/C16H25N/c17-16-11-15(16)14-9-8-12-6-4-2-1-3-5-7-13(12)10-14/h8-10,12-13,15-16H,1-7,11,17H2. The highest BCUT2D eigenvalue weighted by Crippen LogP contribution is 2.41. The molecule has 2 saturated carbocycles. The van der Waals surface area contributed by atoms with Crippen molar-refractivity contribution in [2.24, 2.45) is 23.5 Å². The van der Waals surface area contributed by atoms with Gasteiger partial charge in [-0.2, -0.15) is 0 Å². The number of hydrogen-bond acceptors (Lipinski definition) is 1. The molecule has 2 fully saturated rings. The van der Waals surface area contributed by atoms with Crippen molar-refractivity contribution in [1.29, 1.82) is 0 Å². The first-order valence-corrected chi connectivity index (χ1v) is 7.50. The first kappa shape index (κ1) is 11.5. The van der Waals surface area contributed by atoms with Crippen LogP contribution in [0, 0.1) is 17.8 Å². The fourth-order valence-electron chi connectivity index (χ4n) is 3.55. The molecule has 0 aromatic carbocycles. The average Bonchev–Trinajstić information content (AvgIpc) is 3.03. The normalized spacial score (nSPS) is 41.8. The quantitative estimate of drug-likeness (QED) is 0.729. The van der Waals surface area contributed by atoms with Crippen LogP contribution in [0.15, 0.2) is 23.8 Å². The van der Waals surface area contributed by atoms with Crippen LogP contribution in [0.3, 0.4) is 0 Å². The molecule has 0 radical (unpaired) electrons. The van der Waals surface area contributed by atoms with E-state index in [4.69, 9.17) is 5.73 Å². The highest BCUT2D eigenvalue weighted by atomic mass is 14.7. The molecule has 2 N–H and O–H groups in total. The van der Waals surface area contributed by atoms with Gasteiger partial charge in [0.1, 0.15) is 0 Å². The van der Waals surface area contributed by atoms with Gasteiger partial charge < -0.3 is 5.73 Å². The molecule has 4 unspecified atom stereocenters. The van der Waals surface area contributed by atoms with Crippen molar-refractivity contribution in [2.75, 3.05) is 0 Å². The van der Waals surface area contributed by atoms with Gasteiger partial charge in [-0.1, -0.05) is 50.3 Å². The van der Waals surface area contributed by atoms with E-state index < -0.39 is 0 Å². The average molecular weight is 231 g/mol. The molecule has 0 bridgehead atoms. The monoisotopic (exact) mass is 231 g/mol. The lowest BCUT2D eigenvalue weighted by molar-refractivity contribution is 0.405. The van der Waals surface area contributed by atoms with Crippen LogP contribution in [0.4, 0.5) is 0 Å². The van der Waals surface area contributed by atoms with Crippen molar-refractivity contribution >= 4 is 0 Å². The highest BCUT2D eigenvalue weighted by Gasteiger charge is 2.37. The Kier molecular flexibility index (Phi) is 3.37. The summed E-state index contributed by atoms with van der Waals surface area (Å²) in [5.41, 5.74) is 7.53. The molecule has 0 heterocycles. The number of hydrogen-bond donors (Lipinski definition) is 1. The van der Waals surface area contributed by atoms with Crippen molar-refractivity contribution in [1.82, 2.24) is 0 Å². The smallest absolute Gasteiger partial charge is 0.0115 e. The maximum atomic E-state index is 5.97. The summed E-state index contributed by atoms with van der Waals surface area (Å²) in [6, 6.07) is 0.457. The Balaban J connectivity index is 1.70. The fraction of sp³-hybridized carbons (Fsp3) is 0.750. The van der Waals surface area contributed by atoms with Gasteiger partial charge in [0.15, 0.2) is 0 Å². The second-order valence-electron chi connectivity index (χ2n) is 6.20. The number of nitrogens with two attached hydrogens (primary N) is 1. The van der Waals surface area contributed by atoms with Crippen molar-refractivity contribution < 1.29 is 0 Å². The Morgan fingerprint density at radius 2 is 1.59 bits per heavy atom. The Morgan fingerprint density at radius 3 is 2.29 bits per heavy atom. The maximum Gasteiger partial charge on any atom is 0.0115 e. The van der Waals surface area contributed by atoms with E-state index in [0.717, 1.165) is 11.8 Å². The van der Waals surface area contributed by atoms with Gasteiger partial charge >= 0.3 is 0 Å². The van der Waals surface area contributed by atoms with Gasteiger partial charge in [0, 0.05) is 12.0 Å². The third-order valence-corrected chi connectivity index (χ3v) is 4.84. The first-order valence-electron chi connectivity index (χ1n) is 7.50. The molecule has 0 aliphatic heterocycles. The molecule has 1 nitrogen and oxygen atoms in total. The molecule has 94 valence electrons. The molecule has 0 aromatic rings. The van der Waals surface area contributed by atoms with E-state index in [1.807, 2.05) is 0 Å². The molecule has 0 spiro atoms. The number of rotatable bonds is 1. The SMILES string of the molecule is NC1CC1C1=CC2CCCCCCCC2C=C1. The summed E-state index contributed by atoms with van der Waals surface area (Å²) < 4.78 is 0. The summed E-state index contributed by atoms with van der Waals surface area (Å²) in [6.07, 6.45) is 18.7. The van der Waals surface area contributed by atoms with Crippen molar-refractivity contribution in [3.63, 3.8) is 0 Å². The molecule has 1 heteroatoms. The molecule has 3 aliphatic rings. The Morgan fingerprint density at radius 1 is 0.941 bits per heavy atom. The summed E-state index contributed by atoms with van der Waals surface area (Å²) in [5.74, 6) is 2.34. The van der Waals surface area contributed by atoms with Gasteiger partial charge in [-0.25, -0.2) is 0 Å². The zero-order chi connectivity index (χ0) is 11.7. The molecule has 17 heavy (non-hydrogen) atoms. The zero-order valence-electron chi connectivity index (χ0n) is 10.8. The van der Waals surface area contributed by atoms with Gasteiger partial charge in [-0.3, -0.25) is 0 Å². The van der Waals surface area contributed by atoms with E-state index in [1.54, 1.807) is 5.57 Å². The minimum Gasteiger partial charge on any atom is -0.327 e. The zero-order valence-corrected chi connectivity index (χ0v) is 10.8. The van der Waals surface area contributed by atoms with Gasteiger partial charge in [0.05, 0.1) is 0 Å². The van der Waals surface area contributed by atoms with Crippen LogP contribution < -0.4 is 5.73 Å². The van der Waals surface area contributed by atoms with Crippen LogP contribution in [0.2, 0.25) is 0 Å². The minimum atomic E-state index is 0.457. The topological polar surface area (TPSA) is 26.0 Å². The van der Waals surface area contributed by atoms with Gasteiger partial charge in [0.25, 0.3) is 0 Å². The summed E-state index contributed by atoms with van der Waals surface area (Å²) in [4.78, 5) is 0. The third-order valence-electron chi connectivity index (χ3n) is 4.84. The molecule has 3 rings (SSSR count). The number of fused-ring (bicyclic) bond motifs is 1. The Hall–Kier alpha value is -0.560. The van der Waals surface area contributed by atoms with E-state index in [2.05, 4.69) is 18.2 Å². The number of allylic oxidation sites excluding steroid dienone is 3. The largest absolute Gasteiger partial charge is 0.327 e. The summed E-state index contributed by atoms with van der Waals surface area (Å²) in [6.45, 7) is 0. The van der Waals surface area contributed by atoms with Crippen LogP contribution in [0.1, 0.15) is 51.4 Å². The summed E-state index contributed by atoms with van der Waals surface area (Å²) >= 11 is 0. The lowest BCUT2D eigenvalue weighted by Gasteiger charge is -2.26. The lowest BCUT2D eigenvalue weighted by Crippen LogP contribution is -2.15. The predicted octanol–water partition coefficient (Wildman–Crippen LogP) is 3.81. The van der Waals surface area contributed by atoms with E-state index in [-0.39, 0.29) is 0 Å². The Labute approximate surface area is 105 Å². The summed E-state index contributed by atoms with van der Waals surface area (Å²) in [7, 11) is 0. The van der Waals surface area contributed by atoms with E-state index >= 15 is 0 Å². The van der Waals surface area contributed by atoms with Crippen LogP contribution in [0.25, 0.3) is 0 Å². The summed E-state index contributed by atoms with van der Waals surface area (Å²) in [5, 5.41) is 0. The van der Waals surface area contributed by atoms with Crippen LogP contribution in [-0.2, 0) is 0 Å². The third kappa shape index (κ3) is 2.65. The second-order valence-corrected chi connectivity index (χ2v) is 6.20. The van der Waals surface area contributed by atoms with Crippen molar-refractivity contribution in [3.05, 3.63) is 23.8 Å². The van der Waals surface area contributed by atoms with Gasteiger partial charge in [-0.05, 0) is 36.7 Å². The molecule has 4 atom stereocenters. The fourth-order valence-corrected chi connectivity index (χ4v) is 3.55. The first-order chi connectivity index (χ1) is 8.34. The maximum absolute atomic E-state index is 5.97. The van der Waals surface area contributed by atoms with Crippen LogP contribution in [0.5, 0.6) is 0 Å². The second kappa shape index (κ2) is 4.97. The molecular formula is C16H25N. The van der Waals surface area contributed by atoms with E-state index in [1.165, 1.54) is 51.4 Å². The van der Waals surface area contributed by atoms with E-state index in [9.17, 15) is 0 Å². The van der Waals surface area contributed by atoms with Crippen molar-refractivity contribution in [2.45, 2.75) is 57.4 Å². The van der Waals surface area contributed by atoms with Gasteiger partial charge in [-0.15, -0.1) is 0 Å².